The van der Waals surface area contributed by atoms with Gasteiger partial charge in [-0.2, -0.15) is 0 Å². The summed E-state index contributed by atoms with van der Waals surface area (Å²) in [6, 6.07) is 3.29. The molecule has 7 heteroatoms. The Labute approximate surface area is 130 Å². The predicted octanol–water partition coefficient (Wildman–Crippen LogP) is 1.04. The molecule has 1 aromatic heterocycles. The van der Waals surface area contributed by atoms with Crippen LogP contribution in [0.25, 0.3) is 0 Å². The SMILES string of the molecule is CNC(=O)c1ccc(NCCC(=O)N2CCCCCC2)nn1. The van der Waals surface area contributed by atoms with E-state index < -0.39 is 0 Å². The van der Waals surface area contributed by atoms with Crippen LogP contribution in [0.5, 0.6) is 0 Å². The van der Waals surface area contributed by atoms with E-state index in [2.05, 4.69) is 20.8 Å². The zero-order chi connectivity index (χ0) is 15.8. The Balaban J connectivity index is 1.75. The summed E-state index contributed by atoms with van der Waals surface area (Å²) in [4.78, 5) is 25.4. The Kier molecular flexibility index (Phi) is 6.12. The maximum absolute atomic E-state index is 12.1. The standard InChI is InChI=1S/C15H23N5O2/c1-16-15(22)12-6-7-13(19-18-12)17-9-8-14(21)20-10-4-2-3-5-11-20/h6-7H,2-5,8-11H2,1H3,(H,16,22)(H,17,19). The maximum atomic E-state index is 12.1. The molecule has 0 atom stereocenters. The summed E-state index contributed by atoms with van der Waals surface area (Å²) in [7, 11) is 1.55. The van der Waals surface area contributed by atoms with E-state index in [1.54, 1.807) is 19.2 Å². The number of carbonyl (C=O) groups is 2. The van der Waals surface area contributed by atoms with Gasteiger partial charge in [0.05, 0.1) is 0 Å². The monoisotopic (exact) mass is 305 g/mol. The summed E-state index contributed by atoms with van der Waals surface area (Å²) in [5.41, 5.74) is 0.272. The van der Waals surface area contributed by atoms with Crippen molar-refractivity contribution in [2.45, 2.75) is 32.1 Å². The average molecular weight is 305 g/mol. The Morgan fingerprint density at radius 1 is 1.14 bits per heavy atom. The molecule has 7 nitrogen and oxygen atoms in total. The molecule has 120 valence electrons. The summed E-state index contributed by atoms with van der Waals surface area (Å²) in [5.74, 6) is 0.482. The number of nitrogens with one attached hydrogen (secondary N) is 2. The summed E-state index contributed by atoms with van der Waals surface area (Å²) >= 11 is 0. The van der Waals surface area contributed by atoms with Crippen LogP contribution in [0.1, 0.15) is 42.6 Å². The third-order valence-corrected chi connectivity index (χ3v) is 3.73. The van der Waals surface area contributed by atoms with Crippen LogP contribution in [0.2, 0.25) is 0 Å². The van der Waals surface area contributed by atoms with Crippen molar-refractivity contribution in [2.75, 3.05) is 32.0 Å². The van der Waals surface area contributed by atoms with Gasteiger partial charge in [0.1, 0.15) is 5.82 Å². The summed E-state index contributed by atoms with van der Waals surface area (Å²) in [6.45, 7) is 2.27. The highest BCUT2D eigenvalue weighted by Crippen LogP contribution is 2.11. The Bertz CT molecular complexity index is 495. The van der Waals surface area contributed by atoms with Crippen molar-refractivity contribution in [2.24, 2.45) is 0 Å². The van der Waals surface area contributed by atoms with Crippen LogP contribution < -0.4 is 10.6 Å². The molecule has 0 aliphatic carbocycles. The number of amides is 2. The number of likely N-dealkylation sites (tertiary alicyclic amines) is 1. The molecule has 1 fully saturated rings. The first-order chi connectivity index (χ1) is 10.7. The van der Waals surface area contributed by atoms with Gasteiger partial charge in [-0.1, -0.05) is 12.8 Å². The van der Waals surface area contributed by atoms with Crippen LogP contribution in [0.15, 0.2) is 12.1 Å². The van der Waals surface area contributed by atoms with E-state index in [1.165, 1.54) is 12.8 Å². The van der Waals surface area contributed by atoms with Crippen molar-refractivity contribution in [3.05, 3.63) is 17.8 Å². The summed E-state index contributed by atoms with van der Waals surface area (Å²) in [6.07, 6.45) is 5.08. The van der Waals surface area contributed by atoms with Gasteiger partial charge in [0.15, 0.2) is 5.69 Å². The minimum absolute atomic E-state index is 0.185. The molecule has 0 unspecified atom stereocenters. The first-order valence-corrected chi connectivity index (χ1v) is 7.78. The highest BCUT2D eigenvalue weighted by molar-refractivity contribution is 5.91. The topological polar surface area (TPSA) is 87.2 Å². The maximum Gasteiger partial charge on any atom is 0.271 e. The Morgan fingerprint density at radius 3 is 2.45 bits per heavy atom. The van der Waals surface area contributed by atoms with E-state index in [-0.39, 0.29) is 17.5 Å². The van der Waals surface area contributed by atoms with Crippen LogP contribution in [0, 0.1) is 0 Å². The molecular weight excluding hydrogens is 282 g/mol. The van der Waals surface area contributed by atoms with E-state index >= 15 is 0 Å². The third kappa shape index (κ3) is 4.68. The van der Waals surface area contributed by atoms with Crippen LogP contribution >= 0.6 is 0 Å². The second-order valence-corrected chi connectivity index (χ2v) is 5.35. The lowest BCUT2D eigenvalue weighted by Crippen LogP contribution is -2.33. The zero-order valence-electron chi connectivity index (χ0n) is 13.0. The number of hydrogen-bond acceptors (Lipinski definition) is 5. The quantitative estimate of drug-likeness (QED) is 0.849. The molecule has 0 radical (unpaired) electrons. The molecule has 2 amide bonds. The van der Waals surface area contributed by atoms with Gasteiger partial charge in [-0.15, -0.1) is 10.2 Å². The number of carbonyl (C=O) groups excluding carboxylic acids is 2. The van der Waals surface area contributed by atoms with E-state index in [1.807, 2.05) is 4.90 Å². The van der Waals surface area contributed by atoms with Gasteiger partial charge in [-0.3, -0.25) is 9.59 Å². The highest BCUT2D eigenvalue weighted by Gasteiger charge is 2.14. The van der Waals surface area contributed by atoms with E-state index in [4.69, 9.17) is 0 Å². The molecular formula is C15H23N5O2. The predicted molar refractivity (Wildman–Crippen MR) is 83.6 cm³/mol. The first kappa shape index (κ1) is 16.2. The smallest absolute Gasteiger partial charge is 0.271 e. The van der Waals surface area contributed by atoms with Crippen LogP contribution in [-0.4, -0.2) is 53.6 Å². The van der Waals surface area contributed by atoms with Gasteiger partial charge >= 0.3 is 0 Å². The molecule has 22 heavy (non-hydrogen) atoms. The zero-order valence-corrected chi connectivity index (χ0v) is 13.0. The van der Waals surface area contributed by atoms with Crippen LogP contribution in [-0.2, 0) is 4.79 Å². The van der Waals surface area contributed by atoms with Crippen molar-refractivity contribution in [1.29, 1.82) is 0 Å². The lowest BCUT2D eigenvalue weighted by Gasteiger charge is -2.20. The normalized spacial score (nSPS) is 15.0. The molecule has 2 heterocycles. The van der Waals surface area contributed by atoms with Gasteiger partial charge < -0.3 is 15.5 Å². The number of rotatable bonds is 5. The lowest BCUT2D eigenvalue weighted by molar-refractivity contribution is -0.130. The van der Waals surface area contributed by atoms with Gasteiger partial charge in [0, 0.05) is 33.1 Å². The second kappa shape index (κ2) is 8.31. The van der Waals surface area contributed by atoms with E-state index in [9.17, 15) is 9.59 Å². The number of aromatic nitrogens is 2. The van der Waals surface area contributed by atoms with Crippen LogP contribution in [0.4, 0.5) is 5.82 Å². The molecule has 1 saturated heterocycles. The molecule has 2 N–H and O–H groups in total. The second-order valence-electron chi connectivity index (χ2n) is 5.35. The number of anilines is 1. The fraction of sp³-hybridized carbons (Fsp3) is 0.600. The molecule has 0 aromatic carbocycles. The Morgan fingerprint density at radius 2 is 1.86 bits per heavy atom. The van der Waals surface area contributed by atoms with Crippen molar-refractivity contribution in [3.63, 3.8) is 0 Å². The van der Waals surface area contributed by atoms with Crippen LogP contribution in [0.3, 0.4) is 0 Å². The van der Waals surface area contributed by atoms with Gasteiger partial charge in [0.2, 0.25) is 5.91 Å². The Hall–Kier alpha value is -2.18. The summed E-state index contributed by atoms with van der Waals surface area (Å²) in [5, 5.41) is 13.3. The number of hydrogen-bond donors (Lipinski definition) is 2. The van der Waals surface area contributed by atoms with Crippen molar-refractivity contribution < 1.29 is 9.59 Å². The molecule has 1 aliphatic rings. The van der Waals surface area contributed by atoms with Crippen molar-refractivity contribution >= 4 is 17.6 Å². The minimum Gasteiger partial charge on any atom is -0.368 e. The van der Waals surface area contributed by atoms with Gasteiger partial charge in [-0.25, -0.2) is 0 Å². The number of nitrogens with zero attached hydrogens (tertiary/aromatic N) is 3. The van der Waals surface area contributed by atoms with Crippen molar-refractivity contribution in [1.82, 2.24) is 20.4 Å². The highest BCUT2D eigenvalue weighted by atomic mass is 16.2. The molecule has 2 rings (SSSR count). The largest absolute Gasteiger partial charge is 0.368 e. The summed E-state index contributed by atoms with van der Waals surface area (Å²) < 4.78 is 0. The van der Waals surface area contributed by atoms with Crippen molar-refractivity contribution in [3.8, 4) is 0 Å². The van der Waals surface area contributed by atoms with Gasteiger partial charge in [-0.05, 0) is 25.0 Å². The molecule has 1 aliphatic heterocycles. The third-order valence-electron chi connectivity index (χ3n) is 3.73. The average Bonchev–Trinajstić information content (AvgIpc) is 2.84. The first-order valence-electron chi connectivity index (χ1n) is 7.78. The fourth-order valence-corrected chi connectivity index (χ4v) is 2.45. The fourth-order valence-electron chi connectivity index (χ4n) is 2.45. The minimum atomic E-state index is -0.268. The molecule has 1 aromatic rings. The molecule has 0 spiro atoms. The van der Waals surface area contributed by atoms with E-state index in [0.717, 1.165) is 25.9 Å². The van der Waals surface area contributed by atoms with E-state index in [0.29, 0.717) is 18.8 Å². The lowest BCUT2D eigenvalue weighted by atomic mass is 10.2. The molecule has 0 saturated carbocycles. The van der Waals surface area contributed by atoms with Gasteiger partial charge in [0.25, 0.3) is 5.91 Å². The molecule has 0 bridgehead atoms.